The molecular formula is C11H19N3O2. The zero-order chi connectivity index (χ0) is 11.2. The lowest BCUT2D eigenvalue weighted by Crippen LogP contribution is -2.21. The molecule has 5 heteroatoms. The van der Waals surface area contributed by atoms with E-state index in [9.17, 15) is 0 Å². The summed E-state index contributed by atoms with van der Waals surface area (Å²) in [6, 6.07) is 0.252. The van der Waals surface area contributed by atoms with Crippen molar-refractivity contribution < 1.29 is 9.26 Å². The second-order valence-electron chi connectivity index (χ2n) is 4.04. The van der Waals surface area contributed by atoms with Gasteiger partial charge in [0.15, 0.2) is 5.82 Å². The molecule has 1 aliphatic rings. The van der Waals surface area contributed by atoms with E-state index >= 15 is 0 Å². The maximum Gasteiger partial charge on any atom is 0.252 e. The number of rotatable bonds is 4. The summed E-state index contributed by atoms with van der Waals surface area (Å²) in [5.74, 6) is 1.35. The Morgan fingerprint density at radius 3 is 3.25 bits per heavy atom. The van der Waals surface area contributed by atoms with Crippen molar-refractivity contribution in [1.29, 1.82) is 0 Å². The predicted molar refractivity (Wildman–Crippen MR) is 58.8 cm³/mol. The van der Waals surface area contributed by atoms with Crippen LogP contribution in [0, 0.1) is 0 Å². The first-order chi connectivity index (χ1) is 7.90. The van der Waals surface area contributed by atoms with Crippen molar-refractivity contribution in [2.24, 2.45) is 0 Å². The Bertz CT molecular complexity index is 306. The van der Waals surface area contributed by atoms with E-state index in [0.29, 0.717) is 19.1 Å². The van der Waals surface area contributed by atoms with Gasteiger partial charge < -0.3 is 14.6 Å². The number of nitrogens with one attached hydrogen (secondary N) is 1. The van der Waals surface area contributed by atoms with E-state index in [2.05, 4.69) is 15.5 Å². The van der Waals surface area contributed by atoms with E-state index in [4.69, 9.17) is 9.26 Å². The van der Waals surface area contributed by atoms with E-state index in [1.165, 1.54) is 19.3 Å². The monoisotopic (exact) mass is 225 g/mol. The zero-order valence-electron chi connectivity index (χ0n) is 9.74. The fraction of sp³-hybridized carbons (Fsp3) is 0.818. The summed E-state index contributed by atoms with van der Waals surface area (Å²) < 4.78 is 10.4. The van der Waals surface area contributed by atoms with Crippen molar-refractivity contribution in [3.63, 3.8) is 0 Å². The van der Waals surface area contributed by atoms with Gasteiger partial charge in [0.25, 0.3) is 5.89 Å². The van der Waals surface area contributed by atoms with Crippen LogP contribution >= 0.6 is 0 Å². The Hall–Kier alpha value is -0.940. The second kappa shape index (κ2) is 5.96. The maximum absolute atomic E-state index is 5.23. The number of aromatic nitrogens is 2. The molecule has 1 fully saturated rings. The van der Waals surface area contributed by atoms with Gasteiger partial charge >= 0.3 is 0 Å². The Morgan fingerprint density at radius 2 is 2.38 bits per heavy atom. The quantitative estimate of drug-likeness (QED) is 0.846. The molecule has 2 heterocycles. The lowest BCUT2D eigenvalue weighted by Gasteiger charge is -2.09. The average Bonchev–Trinajstić information content (AvgIpc) is 2.60. The molecule has 5 nitrogen and oxygen atoms in total. The first kappa shape index (κ1) is 11.5. The van der Waals surface area contributed by atoms with Crippen LogP contribution in [0.1, 0.15) is 50.4 Å². The van der Waals surface area contributed by atoms with Gasteiger partial charge in [0.2, 0.25) is 0 Å². The van der Waals surface area contributed by atoms with E-state index in [0.717, 1.165) is 18.8 Å². The molecule has 1 saturated heterocycles. The van der Waals surface area contributed by atoms with E-state index < -0.39 is 0 Å². The largest absolute Gasteiger partial charge is 0.372 e. The maximum atomic E-state index is 5.23. The summed E-state index contributed by atoms with van der Waals surface area (Å²) >= 11 is 0. The van der Waals surface area contributed by atoms with Gasteiger partial charge in [0.1, 0.15) is 6.61 Å². The second-order valence-corrected chi connectivity index (χ2v) is 4.04. The fourth-order valence-electron chi connectivity index (χ4n) is 1.91. The summed E-state index contributed by atoms with van der Waals surface area (Å²) in [6.07, 6.45) is 4.84. The molecule has 90 valence electrons. The Balaban J connectivity index is 1.94. The topological polar surface area (TPSA) is 60.2 Å². The normalized spacial score (nSPS) is 21.9. The lowest BCUT2D eigenvalue weighted by atomic mass is 10.1. The van der Waals surface area contributed by atoms with Crippen LogP contribution in [-0.2, 0) is 11.3 Å². The summed E-state index contributed by atoms with van der Waals surface area (Å²) in [7, 11) is 0. The molecule has 0 bridgehead atoms. The van der Waals surface area contributed by atoms with Crippen molar-refractivity contribution in [2.45, 2.75) is 45.3 Å². The highest BCUT2D eigenvalue weighted by Gasteiger charge is 2.19. The van der Waals surface area contributed by atoms with Gasteiger partial charge in [-0.1, -0.05) is 18.0 Å². The molecular weight excluding hydrogens is 206 g/mol. The van der Waals surface area contributed by atoms with Crippen LogP contribution in [0.5, 0.6) is 0 Å². The highest BCUT2D eigenvalue weighted by atomic mass is 16.5. The number of hydrogen-bond acceptors (Lipinski definition) is 5. The molecule has 2 rings (SSSR count). The van der Waals surface area contributed by atoms with Gasteiger partial charge in [-0.3, -0.25) is 0 Å². The number of nitrogens with zero attached hydrogens (tertiary/aromatic N) is 2. The average molecular weight is 225 g/mol. The molecule has 0 aromatic carbocycles. The van der Waals surface area contributed by atoms with Crippen LogP contribution in [0.15, 0.2) is 4.52 Å². The molecule has 16 heavy (non-hydrogen) atoms. The third kappa shape index (κ3) is 3.02. The highest BCUT2D eigenvalue weighted by molar-refractivity contribution is 4.94. The molecule has 1 aromatic rings. The highest BCUT2D eigenvalue weighted by Crippen LogP contribution is 2.20. The van der Waals surface area contributed by atoms with E-state index in [-0.39, 0.29) is 6.04 Å². The summed E-state index contributed by atoms with van der Waals surface area (Å²) in [5, 5.41) is 7.45. The molecule has 1 N–H and O–H groups in total. The van der Waals surface area contributed by atoms with Crippen LogP contribution in [0.4, 0.5) is 0 Å². The first-order valence-electron chi connectivity index (χ1n) is 6.03. The minimum atomic E-state index is 0.252. The minimum Gasteiger partial charge on any atom is -0.372 e. The molecule has 0 unspecified atom stereocenters. The van der Waals surface area contributed by atoms with Crippen LogP contribution in [0.25, 0.3) is 0 Å². The van der Waals surface area contributed by atoms with Gasteiger partial charge in [-0.15, -0.1) is 0 Å². The van der Waals surface area contributed by atoms with Crippen molar-refractivity contribution in [3.05, 3.63) is 11.7 Å². The molecule has 0 aliphatic carbocycles. The Labute approximate surface area is 95.6 Å². The Morgan fingerprint density at radius 1 is 1.44 bits per heavy atom. The van der Waals surface area contributed by atoms with Crippen LogP contribution in [-0.4, -0.2) is 23.3 Å². The third-order valence-electron chi connectivity index (χ3n) is 2.79. The van der Waals surface area contributed by atoms with Gasteiger partial charge in [0.05, 0.1) is 6.04 Å². The Kier molecular flexibility index (Phi) is 4.30. The molecule has 1 aromatic heterocycles. The van der Waals surface area contributed by atoms with Crippen molar-refractivity contribution in [2.75, 3.05) is 13.2 Å². The summed E-state index contributed by atoms with van der Waals surface area (Å²) in [5.41, 5.74) is 0. The molecule has 0 saturated carbocycles. The SMILES string of the molecule is CCOCc1nc([C@H]2CCCCCN2)no1. The standard InChI is InChI=1S/C11H19N3O2/c1-2-15-8-10-13-11(14-16-10)9-6-4-3-5-7-12-9/h9,12H,2-8H2,1H3/t9-/m1/s1. The van der Waals surface area contributed by atoms with Crippen molar-refractivity contribution >= 4 is 0 Å². The van der Waals surface area contributed by atoms with Gasteiger partial charge in [-0.25, -0.2) is 0 Å². The van der Waals surface area contributed by atoms with Gasteiger partial charge in [-0.05, 0) is 26.3 Å². The van der Waals surface area contributed by atoms with Crippen LogP contribution in [0.2, 0.25) is 0 Å². The first-order valence-corrected chi connectivity index (χ1v) is 6.03. The zero-order valence-corrected chi connectivity index (χ0v) is 9.74. The molecule has 0 radical (unpaired) electrons. The van der Waals surface area contributed by atoms with Crippen molar-refractivity contribution in [1.82, 2.24) is 15.5 Å². The molecule has 1 atom stereocenters. The van der Waals surface area contributed by atoms with Crippen LogP contribution < -0.4 is 5.32 Å². The van der Waals surface area contributed by atoms with Gasteiger partial charge in [-0.2, -0.15) is 4.98 Å². The summed E-state index contributed by atoms with van der Waals surface area (Å²) in [6.45, 7) is 4.07. The molecule has 0 amide bonds. The third-order valence-corrected chi connectivity index (χ3v) is 2.79. The number of hydrogen-bond donors (Lipinski definition) is 1. The van der Waals surface area contributed by atoms with E-state index in [1.807, 2.05) is 6.92 Å². The molecule has 1 aliphatic heterocycles. The minimum absolute atomic E-state index is 0.252. The van der Waals surface area contributed by atoms with Gasteiger partial charge in [0, 0.05) is 6.61 Å². The smallest absolute Gasteiger partial charge is 0.252 e. The number of ether oxygens (including phenoxy) is 1. The predicted octanol–water partition coefficient (Wildman–Crippen LogP) is 1.81. The van der Waals surface area contributed by atoms with Crippen LogP contribution in [0.3, 0.4) is 0 Å². The van der Waals surface area contributed by atoms with E-state index in [1.54, 1.807) is 0 Å². The fourth-order valence-corrected chi connectivity index (χ4v) is 1.91. The summed E-state index contributed by atoms with van der Waals surface area (Å²) in [4.78, 5) is 4.35. The van der Waals surface area contributed by atoms with Crippen molar-refractivity contribution in [3.8, 4) is 0 Å². The molecule has 0 spiro atoms. The lowest BCUT2D eigenvalue weighted by molar-refractivity contribution is 0.109.